The lowest BCUT2D eigenvalue weighted by molar-refractivity contribution is -0.139. The zero-order valence-electron chi connectivity index (χ0n) is 17.6. The molecule has 0 radical (unpaired) electrons. The van der Waals surface area contributed by atoms with Gasteiger partial charge in [-0.1, -0.05) is 30.3 Å². The smallest absolute Gasteiger partial charge is 0.355 e. The van der Waals surface area contributed by atoms with Crippen LogP contribution < -0.4 is 15.4 Å². The number of nitriles is 1. The highest BCUT2D eigenvalue weighted by molar-refractivity contribution is 6.06. The Labute approximate surface area is 183 Å². The lowest BCUT2D eigenvalue weighted by atomic mass is 9.81. The molecule has 164 valence electrons. The van der Waals surface area contributed by atoms with Gasteiger partial charge in [-0.15, -0.1) is 0 Å². The average Bonchev–Trinajstić information content (AvgIpc) is 2.82. The molecule has 0 saturated carbocycles. The lowest BCUT2D eigenvalue weighted by Gasteiger charge is -2.35. The Morgan fingerprint density at radius 2 is 1.72 bits per heavy atom. The van der Waals surface area contributed by atoms with E-state index < -0.39 is 23.7 Å². The molecule has 0 aliphatic carbocycles. The third-order valence-corrected chi connectivity index (χ3v) is 5.00. The van der Waals surface area contributed by atoms with Gasteiger partial charge < -0.3 is 19.9 Å². The Bertz CT molecular complexity index is 1170. The number of rotatable bonds is 5. The van der Waals surface area contributed by atoms with Gasteiger partial charge in [0.15, 0.2) is 11.6 Å². The van der Waals surface area contributed by atoms with Crippen LogP contribution in [-0.4, -0.2) is 33.3 Å². The number of esters is 2. The van der Waals surface area contributed by atoms with Gasteiger partial charge >= 0.3 is 11.9 Å². The van der Waals surface area contributed by atoms with E-state index in [9.17, 15) is 19.2 Å². The molecule has 1 aliphatic heterocycles. The second-order valence-electron chi connectivity index (χ2n) is 6.65. The van der Waals surface area contributed by atoms with Crippen molar-refractivity contribution in [2.45, 2.75) is 5.92 Å². The zero-order chi connectivity index (χ0) is 23.4. The lowest BCUT2D eigenvalue weighted by Crippen LogP contribution is -2.40. The number of benzene rings is 2. The third kappa shape index (κ3) is 3.74. The molecule has 0 amide bonds. The Morgan fingerprint density at radius 1 is 1.06 bits per heavy atom. The van der Waals surface area contributed by atoms with Gasteiger partial charge in [0.2, 0.25) is 0 Å². The summed E-state index contributed by atoms with van der Waals surface area (Å²) in [6, 6.07) is 14.5. The van der Waals surface area contributed by atoms with Gasteiger partial charge in [0.25, 0.3) is 0 Å². The van der Waals surface area contributed by atoms with Crippen molar-refractivity contribution in [3.05, 3.63) is 82.6 Å². The molecule has 2 N–H and O–H groups in total. The number of methoxy groups -OCH3 is 3. The molecule has 1 heterocycles. The van der Waals surface area contributed by atoms with Crippen molar-refractivity contribution in [1.82, 2.24) is 0 Å². The van der Waals surface area contributed by atoms with Crippen LogP contribution in [0.5, 0.6) is 5.75 Å². The van der Waals surface area contributed by atoms with Crippen molar-refractivity contribution in [2.24, 2.45) is 5.73 Å². The summed E-state index contributed by atoms with van der Waals surface area (Å²) in [5.41, 5.74) is 6.50. The Hall–Kier alpha value is -4.32. The summed E-state index contributed by atoms with van der Waals surface area (Å²) in [4.78, 5) is 26.9. The first-order valence-electron chi connectivity index (χ1n) is 9.38. The predicted octanol–water partition coefficient (Wildman–Crippen LogP) is 2.73. The maximum absolute atomic E-state index is 14.5. The van der Waals surface area contributed by atoms with E-state index in [4.69, 9.17) is 19.9 Å². The highest BCUT2D eigenvalue weighted by atomic mass is 19.1. The van der Waals surface area contributed by atoms with Crippen molar-refractivity contribution in [3.63, 3.8) is 0 Å². The van der Waals surface area contributed by atoms with E-state index in [1.54, 1.807) is 30.3 Å². The first-order chi connectivity index (χ1) is 15.4. The SMILES string of the molecule is COC(=O)C1=C(C(=O)OC)N(c2ccc(OC)c(F)c2)C(N)=C(C#N)C1c1ccccc1. The van der Waals surface area contributed by atoms with Crippen LogP contribution in [0.1, 0.15) is 11.5 Å². The quantitative estimate of drug-likeness (QED) is 0.710. The molecule has 1 atom stereocenters. The van der Waals surface area contributed by atoms with Gasteiger partial charge in [-0.25, -0.2) is 14.0 Å². The molecule has 3 rings (SSSR count). The summed E-state index contributed by atoms with van der Waals surface area (Å²) in [6.07, 6.45) is 0. The number of carbonyl (C=O) groups excluding carboxylic acids is 2. The van der Waals surface area contributed by atoms with Gasteiger partial charge in [-0.2, -0.15) is 5.26 Å². The number of nitrogens with two attached hydrogens (primary N) is 1. The van der Waals surface area contributed by atoms with Crippen molar-refractivity contribution < 1.29 is 28.2 Å². The van der Waals surface area contributed by atoms with Gasteiger partial charge in [-0.3, -0.25) is 4.90 Å². The van der Waals surface area contributed by atoms with Gasteiger partial charge in [0, 0.05) is 6.07 Å². The first-order valence-corrected chi connectivity index (χ1v) is 9.38. The summed E-state index contributed by atoms with van der Waals surface area (Å²) in [6.45, 7) is 0. The second-order valence-corrected chi connectivity index (χ2v) is 6.65. The van der Waals surface area contributed by atoms with Gasteiger partial charge in [0.1, 0.15) is 11.5 Å². The molecular formula is C23H20FN3O5. The number of hydrogen-bond donors (Lipinski definition) is 1. The van der Waals surface area contributed by atoms with E-state index in [0.29, 0.717) is 5.56 Å². The molecule has 2 aromatic rings. The van der Waals surface area contributed by atoms with Crippen molar-refractivity contribution in [2.75, 3.05) is 26.2 Å². The van der Waals surface area contributed by atoms with Crippen LogP contribution in [0.2, 0.25) is 0 Å². The van der Waals surface area contributed by atoms with Crippen LogP contribution in [0.25, 0.3) is 0 Å². The highest BCUT2D eigenvalue weighted by Crippen LogP contribution is 2.43. The number of anilines is 1. The van der Waals surface area contributed by atoms with Crippen molar-refractivity contribution >= 4 is 17.6 Å². The highest BCUT2D eigenvalue weighted by Gasteiger charge is 2.43. The van der Waals surface area contributed by atoms with Crippen LogP contribution in [0, 0.1) is 17.1 Å². The van der Waals surface area contributed by atoms with E-state index in [1.165, 1.54) is 19.2 Å². The minimum atomic E-state index is -0.998. The summed E-state index contributed by atoms with van der Waals surface area (Å²) < 4.78 is 29.3. The fraction of sp³-hybridized carbons (Fsp3) is 0.174. The fourth-order valence-corrected chi connectivity index (χ4v) is 3.58. The van der Waals surface area contributed by atoms with E-state index in [-0.39, 0.29) is 34.1 Å². The van der Waals surface area contributed by atoms with E-state index in [1.807, 2.05) is 6.07 Å². The molecule has 1 unspecified atom stereocenters. The molecule has 1 aliphatic rings. The number of hydrogen-bond acceptors (Lipinski definition) is 8. The fourth-order valence-electron chi connectivity index (χ4n) is 3.58. The van der Waals surface area contributed by atoms with E-state index in [2.05, 4.69) is 0 Å². The maximum atomic E-state index is 14.5. The molecule has 8 nitrogen and oxygen atoms in total. The number of ether oxygens (including phenoxy) is 3. The molecule has 0 bridgehead atoms. The minimum absolute atomic E-state index is 0.0134. The standard InChI is InChI=1S/C23H20FN3O5/c1-30-17-10-9-14(11-16(17)24)27-20(23(29)32-3)19(22(28)31-2)18(15(12-25)21(27)26)13-7-5-4-6-8-13/h4-11,18H,26H2,1-3H3. The van der Waals surface area contributed by atoms with Crippen molar-refractivity contribution in [1.29, 1.82) is 5.26 Å². The van der Waals surface area contributed by atoms with Crippen LogP contribution in [0.4, 0.5) is 10.1 Å². The van der Waals surface area contributed by atoms with Gasteiger partial charge in [0.05, 0.1) is 50.2 Å². The Morgan fingerprint density at radius 3 is 2.25 bits per heavy atom. The molecule has 0 spiro atoms. The van der Waals surface area contributed by atoms with E-state index in [0.717, 1.165) is 25.2 Å². The number of nitrogens with zero attached hydrogens (tertiary/aromatic N) is 2. The van der Waals surface area contributed by atoms with Crippen LogP contribution in [0.3, 0.4) is 0 Å². The summed E-state index contributed by atoms with van der Waals surface area (Å²) >= 11 is 0. The number of carbonyl (C=O) groups is 2. The zero-order valence-corrected chi connectivity index (χ0v) is 17.6. The van der Waals surface area contributed by atoms with Crippen molar-refractivity contribution in [3.8, 4) is 11.8 Å². The first kappa shape index (κ1) is 22.4. The summed E-state index contributed by atoms with van der Waals surface area (Å²) in [5.74, 6) is -3.69. The molecule has 32 heavy (non-hydrogen) atoms. The second kappa shape index (κ2) is 9.22. The predicted molar refractivity (Wildman–Crippen MR) is 112 cm³/mol. The molecule has 0 fully saturated rings. The third-order valence-electron chi connectivity index (χ3n) is 5.00. The molecule has 9 heteroatoms. The van der Waals surface area contributed by atoms with Crippen LogP contribution in [0.15, 0.2) is 71.2 Å². The Kier molecular flexibility index (Phi) is 6.45. The number of halogens is 1. The van der Waals surface area contributed by atoms with Crippen LogP contribution >= 0.6 is 0 Å². The topological polar surface area (TPSA) is 115 Å². The normalized spacial score (nSPS) is 15.8. The Balaban J connectivity index is 2.39. The largest absolute Gasteiger partial charge is 0.494 e. The van der Waals surface area contributed by atoms with Gasteiger partial charge in [-0.05, 0) is 17.7 Å². The molecule has 0 saturated heterocycles. The summed E-state index contributed by atoms with van der Waals surface area (Å²) in [7, 11) is 3.59. The molecular weight excluding hydrogens is 417 g/mol. The molecule has 0 aromatic heterocycles. The van der Waals surface area contributed by atoms with E-state index >= 15 is 0 Å². The monoisotopic (exact) mass is 437 g/mol. The average molecular weight is 437 g/mol. The van der Waals surface area contributed by atoms with Crippen LogP contribution in [-0.2, 0) is 19.1 Å². The maximum Gasteiger partial charge on any atom is 0.355 e. The number of allylic oxidation sites excluding steroid dienone is 1. The summed E-state index contributed by atoms with van der Waals surface area (Å²) in [5, 5.41) is 9.95. The molecule has 2 aromatic carbocycles. The minimum Gasteiger partial charge on any atom is -0.494 e.